The molecular weight excluding hydrogens is 340 g/mol. The highest BCUT2D eigenvalue weighted by Crippen LogP contribution is 2.15. The first kappa shape index (κ1) is 17.1. The molecule has 0 atom stereocenters. The average Bonchev–Trinajstić information content (AvgIpc) is 3.18. The summed E-state index contributed by atoms with van der Waals surface area (Å²) in [6, 6.07) is 11.8. The Hall–Kier alpha value is -3.75. The summed E-state index contributed by atoms with van der Waals surface area (Å²) >= 11 is 0. The normalized spacial score (nSPS) is 10.5. The van der Waals surface area contributed by atoms with E-state index in [4.69, 9.17) is 4.42 Å². The summed E-state index contributed by atoms with van der Waals surface area (Å²) < 4.78 is 6.46. The predicted molar refractivity (Wildman–Crippen MR) is 91.6 cm³/mol. The molecule has 0 fully saturated rings. The summed E-state index contributed by atoms with van der Waals surface area (Å²) in [6.07, 6.45) is 1.51. The number of nitrogens with one attached hydrogen (secondary N) is 1. The number of furan rings is 1. The first-order chi connectivity index (χ1) is 12.5. The molecule has 1 N–H and O–H groups in total. The smallest absolute Gasteiger partial charge is 0.270 e. The number of nitro groups is 1. The summed E-state index contributed by atoms with van der Waals surface area (Å²) in [5.74, 6) is 0.0586. The van der Waals surface area contributed by atoms with Crippen LogP contribution in [0.4, 0.5) is 5.69 Å². The first-order valence-corrected chi connectivity index (χ1v) is 7.69. The second kappa shape index (κ2) is 7.43. The van der Waals surface area contributed by atoms with Gasteiger partial charge in [0, 0.05) is 30.3 Å². The molecule has 0 aliphatic carbocycles. The maximum absolute atomic E-state index is 12.1. The van der Waals surface area contributed by atoms with Crippen molar-refractivity contribution < 1.29 is 14.1 Å². The van der Waals surface area contributed by atoms with E-state index >= 15 is 0 Å². The van der Waals surface area contributed by atoms with Crippen molar-refractivity contribution in [2.45, 2.75) is 6.54 Å². The third kappa shape index (κ3) is 3.83. The Morgan fingerprint density at radius 1 is 1.23 bits per heavy atom. The third-order valence-electron chi connectivity index (χ3n) is 3.57. The summed E-state index contributed by atoms with van der Waals surface area (Å²) in [6.45, 7) is 0.282. The fraction of sp³-hybridized carbons (Fsp3) is 0.118. The zero-order valence-corrected chi connectivity index (χ0v) is 13.5. The standard InChI is InChI=1S/C17H14N4O5/c22-16-7-6-14(15-5-2-10-26-15)19-20(16)9-8-18-17(23)12-3-1-4-13(11-12)21(24)25/h1-7,10-11H,8-9H2,(H,18,23). The molecule has 9 heteroatoms. The number of carbonyl (C=O) groups excluding carboxylic acids is 1. The van der Waals surface area contributed by atoms with Crippen LogP contribution in [0.3, 0.4) is 0 Å². The minimum Gasteiger partial charge on any atom is -0.463 e. The number of hydrogen-bond donors (Lipinski definition) is 1. The Morgan fingerprint density at radius 3 is 2.81 bits per heavy atom. The molecule has 9 nitrogen and oxygen atoms in total. The molecule has 0 unspecified atom stereocenters. The zero-order chi connectivity index (χ0) is 18.5. The van der Waals surface area contributed by atoms with Gasteiger partial charge in [-0.2, -0.15) is 5.10 Å². The minimum atomic E-state index is -0.569. The van der Waals surface area contributed by atoms with Crippen molar-refractivity contribution in [3.05, 3.63) is 80.8 Å². The first-order valence-electron chi connectivity index (χ1n) is 7.69. The van der Waals surface area contributed by atoms with Crippen molar-refractivity contribution in [3.8, 4) is 11.5 Å². The summed E-state index contributed by atoms with van der Waals surface area (Å²) in [5.41, 5.74) is 0.190. The van der Waals surface area contributed by atoms with E-state index in [1.165, 1.54) is 41.3 Å². The van der Waals surface area contributed by atoms with Gasteiger partial charge in [-0.3, -0.25) is 19.7 Å². The van der Waals surface area contributed by atoms with E-state index in [0.29, 0.717) is 11.5 Å². The van der Waals surface area contributed by atoms with Gasteiger partial charge in [-0.05, 0) is 24.3 Å². The number of nitrogens with zero attached hydrogens (tertiary/aromatic N) is 3. The van der Waals surface area contributed by atoms with Gasteiger partial charge in [-0.25, -0.2) is 4.68 Å². The monoisotopic (exact) mass is 354 g/mol. The van der Waals surface area contributed by atoms with Gasteiger partial charge in [0.15, 0.2) is 5.76 Å². The van der Waals surface area contributed by atoms with Crippen LogP contribution in [-0.4, -0.2) is 27.2 Å². The predicted octanol–water partition coefficient (Wildman–Crippen LogP) is 1.84. The topological polar surface area (TPSA) is 120 Å². The van der Waals surface area contributed by atoms with E-state index in [1.54, 1.807) is 18.2 Å². The summed E-state index contributed by atoms with van der Waals surface area (Å²) in [7, 11) is 0. The quantitative estimate of drug-likeness (QED) is 0.533. The van der Waals surface area contributed by atoms with E-state index in [-0.39, 0.29) is 29.9 Å². The van der Waals surface area contributed by atoms with Crippen LogP contribution in [0.1, 0.15) is 10.4 Å². The van der Waals surface area contributed by atoms with Gasteiger partial charge in [-0.15, -0.1) is 0 Å². The molecule has 0 aliphatic rings. The molecule has 2 heterocycles. The molecule has 0 saturated heterocycles. The summed E-state index contributed by atoms with van der Waals surface area (Å²) in [5, 5.41) is 17.6. The highest BCUT2D eigenvalue weighted by atomic mass is 16.6. The number of carbonyl (C=O) groups is 1. The fourth-order valence-corrected chi connectivity index (χ4v) is 2.30. The molecule has 0 radical (unpaired) electrons. The SMILES string of the molecule is O=C(NCCn1nc(-c2ccco2)ccc1=O)c1cccc([N+](=O)[O-])c1. The lowest BCUT2D eigenvalue weighted by Crippen LogP contribution is -2.31. The lowest BCUT2D eigenvalue weighted by atomic mass is 10.2. The van der Waals surface area contributed by atoms with Crippen molar-refractivity contribution >= 4 is 11.6 Å². The van der Waals surface area contributed by atoms with Gasteiger partial charge < -0.3 is 9.73 Å². The lowest BCUT2D eigenvalue weighted by molar-refractivity contribution is -0.384. The highest BCUT2D eigenvalue weighted by molar-refractivity contribution is 5.94. The number of non-ortho nitro benzene ring substituents is 1. The van der Waals surface area contributed by atoms with Crippen LogP contribution in [0.15, 0.2) is 64.0 Å². The average molecular weight is 354 g/mol. The molecule has 3 rings (SSSR count). The largest absolute Gasteiger partial charge is 0.463 e. The molecule has 2 aromatic heterocycles. The molecule has 26 heavy (non-hydrogen) atoms. The second-order valence-electron chi connectivity index (χ2n) is 5.32. The Labute approximate surface area is 147 Å². The number of aromatic nitrogens is 2. The van der Waals surface area contributed by atoms with Crippen molar-refractivity contribution in [2.75, 3.05) is 6.54 Å². The second-order valence-corrected chi connectivity index (χ2v) is 5.32. The molecule has 1 aromatic carbocycles. The summed E-state index contributed by atoms with van der Waals surface area (Å²) in [4.78, 5) is 34.2. The minimum absolute atomic E-state index is 0.135. The maximum Gasteiger partial charge on any atom is 0.270 e. The molecule has 0 aliphatic heterocycles. The van der Waals surface area contributed by atoms with Crippen LogP contribution in [-0.2, 0) is 6.54 Å². The number of hydrogen-bond acceptors (Lipinski definition) is 6. The van der Waals surface area contributed by atoms with E-state index < -0.39 is 10.8 Å². The molecule has 132 valence electrons. The Kier molecular flexibility index (Phi) is 4.88. The van der Waals surface area contributed by atoms with Crippen LogP contribution in [0.2, 0.25) is 0 Å². The Bertz CT molecular complexity index is 994. The zero-order valence-electron chi connectivity index (χ0n) is 13.5. The molecule has 3 aromatic rings. The van der Waals surface area contributed by atoms with Crippen molar-refractivity contribution in [1.82, 2.24) is 15.1 Å². The fourth-order valence-electron chi connectivity index (χ4n) is 2.30. The Balaban J connectivity index is 1.65. The van der Waals surface area contributed by atoms with Crippen LogP contribution in [0, 0.1) is 10.1 Å². The van der Waals surface area contributed by atoms with Crippen LogP contribution in [0.25, 0.3) is 11.5 Å². The van der Waals surface area contributed by atoms with Gasteiger partial charge in [0.1, 0.15) is 5.69 Å². The number of amides is 1. The molecule has 0 saturated carbocycles. The number of nitro benzene ring substituents is 1. The van der Waals surface area contributed by atoms with E-state index in [2.05, 4.69) is 10.4 Å². The van der Waals surface area contributed by atoms with Crippen LogP contribution >= 0.6 is 0 Å². The Morgan fingerprint density at radius 2 is 2.08 bits per heavy atom. The molecule has 0 spiro atoms. The van der Waals surface area contributed by atoms with Crippen molar-refractivity contribution in [2.24, 2.45) is 0 Å². The van der Waals surface area contributed by atoms with E-state index in [9.17, 15) is 19.7 Å². The van der Waals surface area contributed by atoms with Gasteiger partial charge in [0.2, 0.25) is 0 Å². The number of rotatable bonds is 6. The van der Waals surface area contributed by atoms with E-state index in [1.807, 2.05) is 0 Å². The maximum atomic E-state index is 12.1. The highest BCUT2D eigenvalue weighted by Gasteiger charge is 2.11. The van der Waals surface area contributed by atoms with E-state index in [0.717, 1.165) is 0 Å². The van der Waals surface area contributed by atoms with Gasteiger partial charge >= 0.3 is 0 Å². The van der Waals surface area contributed by atoms with Crippen LogP contribution in [0.5, 0.6) is 0 Å². The third-order valence-corrected chi connectivity index (χ3v) is 3.57. The van der Waals surface area contributed by atoms with Gasteiger partial charge in [0.25, 0.3) is 17.2 Å². The molecule has 0 bridgehead atoms. The van der Waals surface area contributed by atoms with Gasteiger partial charge in [0.05, 0.1) is 17.7 Å². The number of benzene rings is 1. The lowest BCUT2D eigenvalue weighted by Gasteiger charge is -2.08. The van der Waals surface area contributed by atoms with Gasteiger partial charge in [-0.1, -0.05) is 6.07 Å². The van der Waals surface area contributed by atoms with Crippen molar-refractivity contribution in [3.63, 3.8) is 0 Å². The van der Waals surface area contributed by atoms with Crippen LogP contribution < -0.4 is 10.9 Å². The molecular formula is C17H14N4O5. The molecule has 1 amide bonds. The van der Waals surface area contributed by atoms with Crippen molar-refractivity contribution in [1.29, 1.82) is 0 Å².